The van der Waals surface area contributed by atoms with Crippen LogP contribution in [0.1, 0.15) is 44.0 Å². The van der Waals surface area contributed by atoms with Crippen molar-refractivity contribution in [3.63, 3.8) is 0 Å². The molecule has 3 aromatic rings. The molecule has 1 aliphatic rings. The van der Waals surface area contributed by atoms with Gasteiger partial charge in [0.25, 0.3) is 0 Å². The van der Waals surface area contributed by atoms with Crippen molar-refractivity contribution < 1.29 is 4.79 Å². The summed E-state index contributed by atoms with van der Waals surface area (Å²) >= 11 is 7.91. The predicted molar refractivity (Wildman–Crippen MR) is 131 cm³/mol. The molecule has 0 atom stereocenters. The van der Waals surface area contributed by atoms with Gasteiger partial charge >= 0.3 is 0 Å². The number of carbonyl (C=O) groups is 1. The fourth-order valence-electron chi connectivity index (χ4n) is 3.96. The van der Waals surface area contributed by atoms with E-state index in [2.05, 4.69) is 33.8 Å². The molecular formula is C25H29ClN4OS. The summed E-state index contributed by atoms with van der Waals surface area (Å²) in [6.07, 6.45) is 4.34. The average molecular weight is 469 g/mol. The number of rotatable bonds is 8. The molecule has 0 radical (unpaired) electrons. The largest absolute Gasteiger partial charge is 0.343 e. The van der Waals surface area contributed by atoms with E-state index in [1.165, 1.54) is 5.56 Å². The van der Waals surface area contributed by atoms with Crippen molar-refractivity contribution in [1.82, 2.24) is 19.7 Å². The monoisotopic (exact) mass is 468 g/mol. The Hall–Kier alpha value is -2.31. The summed E-state index contributed by atoms with van der Waals surface area (Å²) in [4.78, 5) is 14.5. The second kappa shape index (κ2) is 11.0. The third-order valence-electron chi connectivity index (χ3n) is 5.87. The zero-order chi connectivity index (χ0) is 22.3. The highest BCUT2D eigenvalue weighted by atomic mass is 35.5. The first kappa shape index (κ1) is 22.9. The molecule has 0 aliphatic carbocycles. The zero-order valence-corrected chi connectivity index (χ0v) is 20.0. The Balaban J connectivity index is 1.42. The lowest BCUT2D eigenvalue weighted by Gasteiger charge is -2.30. The predicted octanol–water partition coefficient (Wildman–Crippen LogP) is 5.64. The molecule has 5 nitrogen and oxygen atoms in total. The number of hydrogen-bond acceptors (Lipinski definition) is 4. The average Bonchev–Trinajstić information content (AvgIpc) is 3.20. The molecule has 0 N–H and O–H groups in total. The fraction of sp³-hybridized carbons (Fsp3) is 0.400. The van der Waals surface area contributed by atoms with Gasteiger partial charge in [-0.15, -0.1) is 10.2 Å². The number of piperidine rings is 1. The molecular weight excluding hydrogens is 440 g/mol. The lowest BCUT2D eigenvalue weighted by molar-refractivity contribution is -0.132. The lowest BCUT2D eigenvalue weighted by atomic mass is 9.99. The number of amides is 1. The molecule has 0 bridgehead atoms. The van der Waals surface area contributed by atoms with Crippen LogP contribution in [0.15, 0.2) is 59.8 Å². The molecule has 0 unspecified atom stereocenters. The second-order valence-corrected chi connectivity index (χ2v) is 9.89. The van der Waals surface area contributed by atoms with E-state index in [0.717, 1.165) is 60.7 Å². The Morgan fingerprint density at radius 3 is 2.62 bits per heavy atom. The first-order valence-electron chi connectivity index (χ1n) is 11.2. The number of likely N-dealkylation sites (tertiary alicyclic amines) is 1. The van der Waals surface area contributed by atoms with Gasteiger partial charge in [-0.25, -0.2) is 0 Å². The minimum atomic E-state index is 0.276. The summed E-state index contributed by atoms with van der Waals surface area (Å²) in [5, 5.41) is 10.5. The number of carbonyl (C=O) groups excluding carboxylic acids is 1. The summed E-state index contributed by atoms with van der Waals surface area (Å²) in [5.41, 5.74) is 2.13. The summed E-state index contributed by atoms with van der Waals surface area (Å²) in [6, 6.07) is 18.0. The van der Waals surface area contributed by atoms with Crippen LogP contribution in [0, 0.1) is 5.92 Å². The minimum Gasteiger partial charge on any atom is -0.343 e. The third kappa shape index (κ3) is 5.93. The first-order valence-corrected chi connectivity index (χ1v) is 12.6. The number of thioether (sulfide) groups is 1. The Bertz CT molecular complexity index is 1030. The van der Waals surface area contributed by atoms with Crippen LogP contribution < -0.4 is 0 Å². The van der Waals surface area contributed by atoms with Crippen molar-refractivity contribution in [2.75, 3.05) is 18.8 Å². The van der Waals surface area contributed by atoms with Crippen LogP contribution >= 0.6 is 23.4 Å². The van der Waals surface area contributed by atoms with Crippen molar-refractivity contribution in [3.8, 4) is 5.69 Å². The fourth-order valence-corrected chi connectivity index (χ4v) is 5.06. The smallest absolute Gasteiger partial charge is 0.222 e. The Labute approximate surface area is 199 Å². The number of hydrogen-bond donors (Lipinski definition) is 0. The molecule has 1 aromatic heterocycles. The van der Waals surface area contributed by atoms with E-state index in [-0.39, 0.29) is 5.91 Å². The minimum absolute atomic E-state index is 0.276. The molecule has 32 heavy (non-hydrogen) atoms. The van der Waals surface area contributed by atoms with Gasteiger partial charge in [0.1, 0.15) is 5.82 Å². The summed E-state index contributed by atoms with van der Waals surface area (Å²) in [7, 11) is 0. The van der Waals surface area contributed by atoms with E-state index in [4.69, 9.17) is 11.6 Å². The highest BCUT2D eigenvalue weighted by molar-refractivity contribution is 7.99. The molecule has 1 fully saturated rings. The van der Waals surface area contributed by atoms with Gasteiger partial charge in [-0.05, 0) is 48.9 Å². The molecule has 7 heteroatoms. The van der Waals surface area contributed by atoms with Crippen molar-refractivity contribution in [1.29, 1.82) is 0 Å². The van der Waals surface area contributed by atoms with Crippen LogP contribution in [0.2, 0.25) is 5.02 Å². The first-order chi connectivity index (χ1) is 15.6. The van der Waals surface area contributed by atoms with E-state index in [9.17, 15) is 4.79 Å². The van der Waals surface area contributed by atoms with E-state index < -0.39 is 0 Å². The van der Waals surface area contributed by atoms with E-state index in [1.807, 2.05) is 47.4 Å². The normalized spacial score (nSPS) is 14.6. The van der Waals surface area contributed by atoms with Gasteiger partial charge in [0.05, 0.1) is 5.69 Å². The third-order valence-corrected chi connectivity index (χ3v) is 7.12. The van der Waals surface area contributed by atoms with Crippen LogP contribution in [-0.2, 0) is 11.2 Å². The molecule has 2 aromatic carbocycles. The van der Waals surface area contributed by atoms with Gasteiger partial charge in [-0.2, -0.15) is 0 Å². The van der Waals surface area contributed by atoms with E-state index >= 15 is 0 Å². The van der Waals surface area contributed by atoms with E-state index in [1.54, 1.807) is 11.8 Å². The maximum absolute atomic E-state index is 12.5. The van der Waals surface area contributed by atoms with Crippen LogP contribution in [0.3, 0.4) is 0 Å². The highest BCUT2D eigenvalue weighted by Crippen LogP contribution is 2.26. The van der Waals surface area contributed by atoms with Crippen LogP contribution in [0.25, 0.3) is 5.69 Å². The maximum atomic E-state index is 12.5. The molecule has 0 spiro atoms. The Morgan fingerprint density at radius 1 is 1.09 bits per heavy atom. The molecule has 1 amide bonds. The van der Waals surface area contributed by atoms with Gasteiger partial charge in [-0.3, -0.25) is 9.36 Å². The van der Waals surface area contributed by atoms with Gasteiger partial charge in [0.15, 0.2) is 5.16 Å². The summed E-state index contributed by atoms with van der Waals surface area (Å²) in [5.74, 6) is 2.70. The van der Waals surface area contributed by atoms with Gasteiger partial charge in [0.2, 0.25) is 5.91 Å². The maximum Gasteiger partial charge on any atom is 0.222 e. The molecule has 4 rings (SSSR count). The standard InChI is InChI=1S/C25H29ClN4OS/c1-19-12-14-29(15-13-19)24(31)11-6-16-32-25-28-27-23(17-20-7-3-2-4-8-20)30(25)22-10-5-9-21(26)18-22/h2-5,7-10,18-19H,6,11-17H2,1H3. The van der Waals surface area contributed by atoms with Crippen LogP contribution in [0.4, 0.5) is 0 Å². The number of aromatic nitrogens is 3. The van der Waals surface area contributed by atoms with Gasteiger partial charge < -0.3 is 4.90 Å². The van der Waals surface area contributed by atoms with Crippen LogP contribution in [-0.4, -0.2) is 44.4 Å². The van der Waals surface area contributed by atoms with Gasteiger partial charge in [0, 0.05) is 36.7 Å². The quantitative estimate of drug-likeness (QED) is 0.317. The van der Waals surface area contributed by atoms with Crippen molar-refractivity contribution in [2.24, 2.45) is 5.92 Å². The van der Waals surface area contributed by atoms with Crippen molar-refractivity contribution >= 4 is 29.3 Å². The molecule has 0 saturated carbocycles. The summed E-state index contributed by atoms with van der Waals surface area (Å²) in [6.45, 7) is 4.07. The molecule has 1 saturated heterocycles. The van der Waals surface area contributed by atoms with Crippen LogP contribution in [0.5, 0.6) is 0 Å². The Morgan fingerprint density at radius 2 is 1.88 bits per heavy atom. The summed E-state index contributed by atoms with van der Waals surface area (Å²) < 4.78 is 2.08. The highest BCUT2D eigenvalue weighted by Gasteiger charge is 2.20. The molecule has 1 aliphatic heterocycles. The van der Waals surface area contributed by atoms with Crippen molar-refractivity contribution in [2.45, 2.75) is 44.2 Å². The van der Waals surface area contributed by atoms with Crippen molar-refractivity contribution in [3.05, 3.63) is 71.0 Å². The lowest BCUT2D eigenvalue weighted by Crippen LogP contribution is -2.37. The zero-order valence-electron chi connectivity index (χ0n) is 18.4. The number of halogens is 1. The number of nitrogens with zero attached hydrogens (tertiary/aromatic N) is 4. The molecule has 168 valence electrons. The topological polar surface area (TPSA) is 51.0 Å². The number of benzene rings is 2. The van der Waals surface area contributed by atoms with E-state index in [0.29, 0.717) is 17.9 Å². The second-order valence-electron chi connectivity index (χ2n) is 8.39. The SMILES string of the molecule is CC1CCN(C(=O)CCCSc2nnc(Cc3ccccc3)n2-c2cccc(Cl)c2)CC1. The molecule has 2 heterocycles. The van der Waals surface area contributed by atoms with Gasteiger partial charge in [-0.1, -0.05) is 66.7 Å². The Kier molecular flexibility index (Phi) is 7.87.